The van der Waals surface area contributed by atoms with Crippen LogP contribution >= 0.6 is 0 Å². The van der Waals surface area contributed by atoms with Gasteiger partial charge in [0.25, 0.3) is 0 Å². The average molecular weight is 294 g/mol. The molecule has 3 aliphatic heterocycles. The number of carbonyl (C=O) groups excluding carboxylic acids is 1. The summed E-state index contributed by atoms with van der Waals surface area (Å²) in [4.78, 5) is 14.7. The maximum absolute atomic E-state index is 12.0. The third-order valence-corrected chi connectivity index (χ3v) is 6.25. The smallest absolute Gasteiger partial charge is 0.145 e. The van der Waals surface area contributed by atoms with Crippen molar-refractivity contribution in [3.8, 4) is 0 Å². The second-order valence-electron chi connectivity index (χ2n) is 7.53. The number of benzene rings is 1. The number of hydrogen-bond donors (Lipinski definition) is 0. The Morgan fingerprint density at radius 2 is 2.14 bits per heavy atom. The highest BCUT2D eigenvalue weighted by Gasteiger charge is 2.48. The standard InChI is InChI=1S/C19H22N2O/c1-19(12-22)11-13-5-4-9-20-10-8-15-14-6-2-3-7-16(14)21(19)18(15)17(13)20/h2-3,6-7,12-13,17H,4-5,8-11H2,1H3/t13-,17+,19?/m0/s1. The van der Waals surface area contributed by atoms with Crippen molar-refractivity contribution in [1.29, 1.82) is 0 Å². The number of piperidine rings is 1. The third kappa shape index (κ3) is 1.43. The summed E-state index contributed by atoms with van der Waals surface area (Å²) >= 11 is 0. The summed E-state index contributed by atoms with van der Waals surface area (Å²) in [6.07, 6.45) is 5.87. The first-order valence-electron chi connectivity index (χ1n) is 8.56. The van der Waals surface area contributed by atoms with Gasteiger partial charge < -0.3 is 9.36 Å². The van der Waals surface area contributed by atoms with Crippen LogP contribution in [0.15, 0.2) is 24.3 Å². The van der Waals surface area contributed by atoms with E-state index in [1.54, 1.807) is 0 Å². The number of para-hydroxylation sites is 1. The molecule has 5 rings (SSSR count). The van der Waals surface area contributed by atoms with Gasteiger partial charge in [-0.1, -0.05) is 18.2 Å². The van der Waals surface area contributed by atoms with Gasteiger partial charge in [-0.05, 0) is 56.7 Å². The van der Waals surface area contributed by atoms with Crippen LogP contribution in [-0.4, -0.2) is 28.8 Å². The molecule has 2 aromatic rings. The fourth-order valence-corrected chi connectivity index (χ4v) is 5.44. The Kier molecular flexibility index (Phi) is 2.48. The highest BCUT2D eigenvalue weighted by Crippen LogP contribution is 2.52. The van der Waals surface area contributed by atoms with E-state index in [0.717, 1.165) is 12.8 Å². The van der Waals surface area contributed by atoms with Crippen LogP contribution in [0.5, 0.6) is 0 Å². The van der Waals surface area contributed by atoms with Crippen molar-refractivity contribution in [3.63, 3.8) is 0 Å². The van der Waals surface area contributed by atoms with Crippen molar-refractivity contribution in [1.82, 2.24) is 9.47 Å². The van der Waals surface area contributed by atoms with Crippen molar-refractivity contribution in [2.24, 2.45) is 5.92 Å². The maximum Gasteiger partial charge on any atom is 0.145 e. The number of nitrogens with zero attached hydrogens (tertiary/aromatic N) is 2. The molecule has 1 unspecified atom stereocenters. The van der Waals surface area contributed by atoms with Crippen LogP contribution < -0.4 is 0 Å². The second-order valence-corrected chi connectivity index (χ2v) is 7.53. The Morgan fingerprint density at radius 3 is 3.00 bits per heavy atom. The monoisotopic (exact) mass is 294 g/mol. The molecule has 4 heterocycles. The molecule has 0 amide bonds. The van der Waals surface area contributed by atoms with Gasteiger partial charge in [-0.3, -0.25) is 4.90 Å². The molecule has 3 aliphatic rings. The first-order valence-corrected chi connectivity index (χ1v) is 8.56. The topological polar surface area (TPSA) is 25.2 Å². The molecule has 0 spiro atoms. The fraction of sp³-hybridized carbons (Fsp3) is 0.526. The summed E-state index contributed by atoms with van der Waals surface area (Å²) in [5.74, 6) is 0.639. The molecule has 114 valence electrons. The van der Waals surface area contributed by atoms with Crippen LogP contribution in [0.3, 0.4) is 0 Å². The van der Waals surface area contributed by atoms with E-state index in [1.165, 1.54) is 54.4 Å². The number of hydrogen-bond acceptors (Lipinski definition) is 2. The van der Waals surface area contributed by atoms with Gasteiger partial charge in [0.05, 0.1) is 11.6 Å². The molecular weight excluding hydrogens is 272 g/mol. The molecule has 3 nitrogen and oxygen atoms in total. The summed E-state index contributed by atoms with van der Waals surface area (Å²) in [7, 11) is 0. The molecule has 3 atom stereocenters. The Labute approximate surface area is 130 Å². The predicted molar refractivity (Wildman–Crippen MR) is 87.0 cm³/mol. The highest BCUT2D eigenvalue weighted by atomic mass is 16.1. The lowest BCUT2D eigenvalue weighted by atomic mass is 9.73. The summed E-state index contributed by atoms with van der Waals surface area (Å²) < 4.78 is 2.39. The molecule has 1 saturated heterocycles. The minimum Gasteiger partial charge on any atom is -0.330 e. The van der Waals surface area contributed by atoms with Crippen molar-refractivity contribution in [2.45, 2.75) is 44.2 Å². The second kappa shape index (κ2) is 4.23. The van der Waals surface area contributed by atoms with Gasteiger partial charge >= 0.3 is 0 Å². The summed E-state index contributed by atoms with van der Waals surface area (Å²) in [5, 5.41) is 1.37. The van der Waals surface area contributed by atoms with E-state index in [4.69, 9.17) is 0 Å². The normalized spacial score (nSPS) is 33.7. The predicted octanol–water partition coefficient (Wildman–Crippen LogP) is 3.27. The third-order valence-electron chi connectivity index (χ3n) is 6.25. The van der Waals surface area contributed by atoms with Crippen LogP contribution in [0.25, 0.3) is 10.9 Å². The van der Waals surface area contributed by atoms with Gasteiger partial charge in [0.1, 0.15) is 6.29 Å². The molecule has 0 saturated carbocycles. The number of carbonyl (C=O) groups is 1. The van der Waals surface area contributed by atoms with E-state index in [9.17, 15) is 4.79 Å². The zero-order valence-corrected chi connectivity index (χ0v) is 13.1. The first-order chi connectivity index (χ1) is 10.7. The van der Waals surface area contributed by atoms with Gasteiger partial charge in [-0.15, -0.1) is 0 Å². The zero-order valence-electron chi connectivity index (χ0n) is 13.1. The van der Waals surface area contributed by atoms with E-state index in [2.05, 4.69) is 40.7 Å². The quantitative estimate of drug-likeness (QED) is 0.754. The maximum atomic E-state index is 12.0. The lowest BCUT2D eigenvalue weighted by Gasteiger charge is -2.51. The number of rotatable bonds is 1. The molecule has 0 aliphatic carbocycles. The molecule has 0 N–H and O–H groups in total. The van der Waals surface area contributed by atoms with Crippen molar-refractivity contribution in [2.75, 3.05) is 13.1 Å². The Balaban J connectivity index is 1.89. The van der Waals surface area contributed by atoms with E-state index in [0.29, 0.717) is 12.0 Å². The Morgan fingerprint density at radius 1 is 1.27 bits per heavy atom. The molecule has 1 aromatic carbocycles. The van der Waals surface area contributed by atoms with E-state index < -0.39 is 0 Å². The number of fused-ring (bicyclic) bond motifs is 3. The number of aromatic nitrogens is 1. The van der Waals surface area contributed by atoms with Crippen LogP contribution in [0, 0.1) is 5.92 Å². The summed E-state index contributed by atoms with van der Waals surface area (Å²) in [5.41, 5.74) is 3.84. The fourth-order valence-electron chi connectivity index (χ4n) is 5.44. The van der Waals surface area contributed by atoms with Crippen molar-refractivity contribution in [3.05, 3.63) is 35.5 Å². The molecule has 1 fully saturated rings. The molecule has 22 heavy (non-hydrogen) atoms. The van der Waals surface area contributed by atoms with Gasteiger partial charge in [-0.25, -0.2) is 0 Å². The Bertz CT molecular complexity index is 777. The van der Waals surface area contributed by atoms with Crippen LogP contribution in [-0.2, 0) is 16.8 Å². The van der Waals surface area contributed by atoms with Crippen LogP contribution in [0.1, 0.15) is 43.5 Å². The minimum absolute atomic E-state index is 0.380. The molecule has 0 bridgehead atoms. The van der Waals surface area contributed by atoms with E-state index in [1.807, 2.05) is 0 Å². The van der Waals surface area contributed by atoms with Gasteiger partial charge in [0.2, 0.25) is 0 Å². The van der Waals surface area contributed by atoms with E-state index >= 15 is 0 Å². The van der Waals surface area contributed by atoms with Crippen molar-refractivity contribution < 1.29 is 4.79 Å². The SMILES string of the molecule is CC1(C=O)C[C@@H]2CCCN3CCc4c(n1c1ccccc41)[C@@H]23. The summed E-state index contributed by atoms with van der Waals surface area (Å²) in [6, 6.07) is 9.22. The highest BCUT2D eigenvalue weighted by molar-refractivity contribution is 5.88. The van der Waals surface area contributed by atoms with Crippen LogP contribution in [0.2, 0.25) is 0 Å². The average Bonchev–Trinajstić information content (AvgIpc) is 2.90. The first kappa shape index (κ1) is 12.9. The van der Waals surface area contributed by atoms with E-state index in [-0.39, 0.29) is 5.54 Å². The minimum atomic E-state index is -0.380. The van der Waals surface area contributed by atoms with Crippen molar-refractivity contribution >= 4 is 17.2 Å². The largest absolute Gasteiger partial charge is 0.330 e. The Hall–Kier alpha value is -1.61. The van der Waals surface area contributed by atoms with Crippen LogP contribution in [0.4, 0.5) is 0 Å². The molecule has 0 radical (unpaired) electrons. The van der Waals surface area contributed by atoms with Gasteiger partial charge in [-0.2, -0.15) is 0 Å². The molecule has 1 aromatic heterocycles. The van der Waals surface area contributed by atoms with Gasteiger partial charge in [0, 0.05) is 23.1 Å². The van der Waals surface area contributed by atoms with Gasteiger partial charge in [0.15, 0.2) is 0 Å². The lowest BCUT2D eigenvalue weighted by molar-refractivity contribution is -0.117. The molecular formula is C19H22N2O. The zero-order chi connectivity index (χ0) is 14.9. The number of aldehydes is 1. The lowest BCUT2D eigenvalue weighted by Crippen LogP contribution is -2.51. The molecule has 3 heteroatoms. The summed E-state index contributed by atoms with van der Waals surface area (Å²) in [6.45, 7) is 4.54.